The van der Waals surface area contributed by atoms with E-state index < -0.39 is 5.97 Å². The van der Waals surface area contributed by atoms with Gasteiger partial charge in [0.15, 0.2) is 0 Å². The van der Waals surface area contributed by atoms with Crippen LogP contribution in [0.15, 0.2) is 17.8 Å². The molecule has 0 aliphatic carbocycles. The highest BCUT2D eigenvalue weighted by molar-refractivity contribution is 5.70. The van der Waals surface area contributed by atoms with Crippen molar-refractivity contribution < 1.29 is 14.7 Å². The smallest absolute Gasteiger partial charge is 0.322 e. The van der Waals surface area contributed by atoms with Gasteiger partial charge in [-0.2, -0.15) is 0 Å². The zero-order chi connectivity index (χ0) is 10.8. The molecule has 2 N–H and O–H groups in total. The van der Waals surface area contributed by atoms with Crippen LogP contribution in [0.2, 0.25) is 0 Å². The fraction of sp³-hybridized carbons (Fsp3) is 0.500. The Kier molecular flexibility index (Phi) is 7.19. The third-order valence-corrected chi connectivity index (χ3v) is 1.54. The van der Waals surface area contributed by atoms with Crippen molar-refractivity contribution in [1.82, 2.24) is 5.32 Å². The molecule has 4 heteroatoms. The van der Waals surface area contributed by atoms with E-state index in [9.17, 15) is 9.59 Å². The second-order valence-corrected chi connectivity index (χ2v) is 2.75. The number of nitrogens with one attached hydrogen (secondary N) is 1. The topological polar surface area (TPSA) is 66.4 Å². The van der Waals surface area contributed by atoms with Crippen LogP contribution in [0.25, 0.3) is 0 Å². The van der Waals surface area contributed by atoms with Crippen LogP contribution in [-0.4, -0.2) is 23.6 Å². The Balaban J connectivity index is 3.76. The van der Waals surface area contributed by atoms with Crippen LogP contribution >= 0.6 is 0 Å². The fourth-order valence-electron chi connectivity index (χ4n) is 0.870. The fourth-order valence-corrected chi connectivity index (χ4v) is 0.870. The van der Waals surface area contributed by atoms with Crippen molar-refractivity contribution >= 4 is 11.9 Å². The van der Waals surface area contributed by atoms with E-state index in [2.05, 4.69) is 5.32 Å². The molecule has 0 aliphatic rings. The molecule has 0 aromatic heterocycles. The molecule has 14 heavy (non-hydrogen) atoms. The van der Waals surface area contributed by atoms with Gasteiger partial charge in [-0.3, -0.25) is 4.79 Å². The quantitative estimate of drug-likeness (QED) is 0.474. The Morgan fingerprint density at radius 3 is 2.71 bits per heavy atom. The predicted molar refractivity (Wildman–Crippen MR) is 53.5 cm³/mol. The van der Waals surface area contributed by atoms with Gasteiger partial charge in [-0.15, -0.1) is 0 Å². The van der Waals surface area contributed by atoms with Gasteiger partial charge in [0.05, 0.1) is 5.70 Å². The maximum Gasteiger partial charge on any atom is 0.322 e. The summed E-state index contributed by atoms with van der Waals surface area (Å²) in [5.41, 5.74) is 0.313. The third-order valence-electron chi connectivity index (χ3n) is 1.54. The van der Waals surface area contributed by atoms with Crippen molar-refractivity contribution in [3.8, 4) is 0 Å². The molecule has 0 fully saturated rings. The van der Waals surface area contributed by atoms with Gasteiger partial charge in [-0.25, -0.2) is 4.79 Å². The Morgan fingerprint density at radius 1 is 1.50 bits per heavy atom. The molecule has 0 bridgehead atoms. The first kappa shape index (κ1) is 12.5. The summed E-state index contributed by atoms with van der Waals surface area (Å²) in [4.78, 5) is 20.5. The zero-order valence-corrected chi connectivity index (χ0v) is 8.25. The third kappa shape index (κ3) is 7.13. The number of allylic oxidation sites excluding steroid dienone is 3. The van der Waals surface area contributed by atoms with Crippen LogP contribution in [0.4, 0.5) is 0 Å². The lowest BCUT2D eigenvalue weighted by atomic mass is 10.2. The second-order valence-electron chi connectivity index (χ2n) is 2.75. The number of rotatable bonds is 7. The normalized spacial score (nSPS) is 9.79. The minimum Gasteiger partial charge on any atom is -0.480 e. The molecule has 0 saturated heterocycles. The Morgan fingerprint density at radius 2 is 2.21 bits per heavy atom. The highest BCUT2D eigenvalue weighted by atomic mass is 16.4. The van der Waals surface area contributed by atoms with Crippen molar-refractivity contribution in [2.45, 2.75) is 26.2 Å². The average molecular weight is 197 g/mol. The van der Waals surface area contributed by atoms with Crippen LogP contribution in [0, 0.1) is 0 Å². The van der Waals surface area contributed by atoms with Crippen molar-refractivity contribution in [2.24, 2.45) is 0 Å². The van der Waals surface area contributed by atoms with Gasteiger partial charge in [0.2, 0.25) is 0 Å². The highest BCUT2D eigenvalue weighted by Crippen LogP contribution is 1.99. The molecule has 0 atom stereocenters. The number of carbonyl (C=O) groups is 1. The van der Waals surface area contributed by atoms with E-state index in [4.69, 9.17) is 5.11 Å². The lowest BCUT2D eigenvalue weighted by Gasteiger charge is -2.02. The number of carboxylic acid groups (broad SMARTS) is 1. The number of carboxylic acids is 1. The zero-order valence-electron chi connectivity index (χ0n) is 8.25. The Labute approximate surface area is 83.3 Å². The standard InChI is InChI=1S/C10H15NO3/c1-2-3-4-5-6-9(8-12)11-7-10(13)14/h3-4,11H,2,5-7H2,1H3,(H,13,14)/b4-3+. The first-order valence-corrected chi connectivity index (χ1v) is 4.55. The molecule has 0 aromatic carbocycles. The van der Waals surface area contributed by atoms with E-state index in [0.717, 1.165) is 12.8 Å². The van der Waals surface area contributed by atoms with Crippen LogP contribution in [0.5, 0.6) is 0 Å². The summed E-state index contributed by atoms with van der Waals surface area (Å²) >= 11 is 0. The summed E-state index contributed by atoms with van der Waals surface area (Å²) < 4.78 is 0. The molecule has 0 amide bonds. The maximum atomic E-state index is 10.3. The van der Waals surface area contributed by atoms with Crippen molar-refractivity contribution in [3.63, 3.8) is 0 Å². The summed E-state index contributed by atoms with van der Waals surface area (Å²) in [6.07, 6.45) is 6.15. The van der Waals surface area contributed by atoms with Crippen molar-refractivity contribution in [3.05, 3.63) is 17.8 Å². The van der Waals surface area contributed by atoms with E-state index >= 15 is 0 Å². The van der Waals surface area contributed by atoms with E-state index in [1.165, 1.54) is 0 Å². The monoisotopic (exact) mass is 197 g/mol. The van der Waals surface area contributed by atoms with Crippen molar-refractivity contribution in [1.29, 1.82) is 0 Å². The number of aliphatic carboxylic acids is 1. The molecule has 0 aliphatic heterocycles. The minimum atomic E-state index is -0.984. The summed E-state index contributed by atoms with van der Waals surface area (Å²) in [6.45, 7) is 1.79. The van der Waals surface area contributed by atoms with Gasteiger partial charge in [-0.1, -0.05) is 19.1 Å². The molecule has 0 radical (unpaired) electrons. The lowest BCUT2D eigenvalue weighted by molar-refractivity contribution is -0.135. The molecule has 4 nitrogen and oxygen atoms in total. The van der Waals surface area contributed by atoms with E-state index in [-0.39, 0.29) is 6.54 Å². The van der Waals surface area contributed by atoms with Gasteiger partial charge < -0.3 is 10.4 Å². The molecular formula is C10H15NO3. The van der Waals surface area contributed by atoms with Crippen LogP contribution < -0.4 is 5.32 Å². The van der Waals surface area contributed by atoms with Crippen LogP contribution in [-0.2, 0) is 9.59 Å². The van der Waals surface area contributed by atoms with Gasteiger partial charge in [0.1, 0.15) is 12.5 Å². The van der Waals surface area contributed by atoms with Gasteiger partial charge in [-0.05, 0) is 12.8 Å². The van der Waals surface area contributed by atoms with Crippen molar-refractivity contribution in [2.75, 3.05) is 6.54 Å². The van der Waals surface area contributed by atoms with E-state index in [1.807, 2.05) is 19.1 Å². The molecule has 0 saturated carbocycles. The van der Waals surface area contributed by atoms with Gasteiger partial charge >= 0.3 is 5.97 Å². The van der Waals surface area contributed by atoms with Crippen LogP contribution in [0.3, 0.4) is 0 Å². The predicted octanol–water partition coefficient (Wildman–Crippen LogP) is 1.12. The van der Waals surface area contributed by atoms with Gasteiger partial charge in [0, 0.05) is 6.42 Å². The maximum absolute atomic E-state index is 10.3. The molecular weight excluding hydrogens is 182 g/mol. The number of hydrogen-bond acceptors (Lipinski definition) is 3. The van der Waals surface area contributed by atoms with Gasteiger partial charge in [0.25, 0.3) is 0 Å². The number of carbonyl (C=O) groups excluding carboxylic acids is 1. The Bertz CT molecular complexity index is 252. The summed E-state index contributed by atoms with van der Waals surface area (Å²) in [6, 6.07) is 0. The van der Waals surface area contributed by atoms with E-state index in [1.54, 1.807) is 5.94 Å². The van der Waals surface area contributed by atoms with Crippen LogP contribution in [0.1, 0.15) is 26.2 Å². The number of hydrogen-bond donors (Lipinski definition) is 2. The largest absolute Gasteiger partial charge is 0.480 e. The molecule has 0 aromatic rings. The SMILES string of the molecule is CC/C=C/CCC(=C=O)NCC(=O)O. The van der Waals surface area contributed by atoms with E-state index in [0.29, 0.717) is 12.1 Å². The summed E-state index contributed by atoms with van der Waals surface area (Å²) in [7, 11) is 0. The first-order valence-electron chi connectivity index (χ1n) is 4.55. The molecule has 0 unspecified atom stereocenters. The molecule has 0 spiro atoms. The molecule has 0 heterocycles. The average Bonchev–Trinajstić information content (AvgIpc) is 2.16. The molecule has 0 rings (SSSR count). The Hall–Kier alpha value is -1.54. The first-order chi connectivity index (χ1) is 6.70. The minimum absolute atomic E-state index is 0.234. The lowest BCUT2D eigenvalue weighted by Crippen LogP contribution is -2.22. The molecule has 78 valence electrons. The highest BCUT2D eigenvalue weighted by Gasteiger charge is 1.99. The summed E-state index contributed by atoms with van der Waals surface area (Å²) in [5.74, 6) is 0.708. The summed E-state index contributed by atoms with van der Waals surface area (Å²) in [5, 5.41) is 10.9. The second kappa shape index (κ2) is 8.08.